The van der Waals surface area contributed by atoms with Crippen molar-refractivity contribution in [2.45, 2.75) is 36.4 Å². The van der Waals surface area contributed by atoms with E-state index in [-0.39, 0.29) is 6.61 Å². The van der Waals surface area contributed by atoms with Gasteiger partial charge in [-0.15, -0.1) is 0 Å². The number of halogens is 1. The monoisotopic (exact) mass is 438 g/mol. The predicted octanol–water partition coefficient (Wildman–Crippen LogP) is 3.43. The smallest absolute Gasteiger partial charge is 0.186 e. The first-order chi connectivity index (χ1) is 15.6. The van der Waals surface area contributed by atoms with Crippen LogP contribution in [0.2, 0.25) is 0 Å². The summed E-state index contributed by atoms with van der Waals surface area (Å²) in [6.07, 6.45) is -7.23. The summed E-state index contributed by atoms with van der Waals surface area (Å²) in [5, 5.41) is 20.2. The van der Waals surface area contributed by atoms with E-state index in [1.807, 2.05) is 91.0 Å². The van der Waals surface area contributed by atoms with Crippen LogP contribution in [0.15, 0.2) is 91.0 Å². The molecule has 1 fully saturated rings. The summed E-state index contributed by atoms with van der Waals surface area (Å²) in [5.41, 5.74) is 1.56. The lowest BCUT2D eigenvalue weighted by Crippen LogP contribution is -2.58. The second kappa shape index (κ2) is 9.90. The van der Waals surface area contributed by atoms with Gasteiger partial charge >= 0.3 is 0 Å². The zero-order valence-corrected chi connectivity index (χ0v) is 17.8. The van der Waals surface area contributed by atoms with Gasteiger partial charge in [0.2, 0.25) is 0 Å². The predicted molar refractivity (Wildman–Crippen MR) is 118 cm³/mol. The van der Waals surface area contributed by atoms with Crippen LogP contribution in [0.3, 0.4) is 0 Å². The van der Waals surface area contributed by atoms with E-state index < -0.39 is 36.4 Å². The highest BCUT2D eigenvalue weighted by atomic mass is 19.1. The zero-order valence-electron chi connectivity index (χ0n) is 17.8. The number of aliphatic hydroxyl groups is 2. The van der Waals surface area contributed by atoms with Crippen molar-refractivity contribution in [2.75, 3.05) is 13.7 Å². The molecule has 4 rings (SSSR count). The van der Waals surface area contributed by atoms with Crippen molar-refractivity contribution < 1.29 is 28.8 Å². The molecular formula is C26H27FO5. The number of hydrogen-bond donors (Lipinski definition) is 2. The quantitative estimate of drug-likeness (QED) is 0.554. The summed E-state index contributed by atoms with van der Waals surface area (Å²) in [4.78, 5) is 0. The second-order valence-corrected chi connectivity index (χ2v) is 7.79. The van der Waals surface area contributed by atoms with E-state index in [1.165, 1.54) is 7.11 Å². The Labute approximate surface area is 187 Å². The van der Waals surface area contributed by atoms with Crippen LogP contribution in [0.1, 0.15) is 16.7 Å². The Morgan fingerprint density at radius 2 is 1.22 bits per heavy atom. The Kier molecular flexibility index (Phi) is 6.98. The van der Waals surface area contributed by atoms with Crippen LogP contribution in [-0.4, -0.2) is 54.7 Å². The summed E-state index contributed by atoms with van der Waals surface area (Å²) in [5.74, 6) is 0. The molecule has 0 spiro atoms. The molecule has 1 aliphatic heterocycles. The van der Waals surface area contributed by atoms with Crippen LogP contribution in [0.5, 0.6) is 0 Å². The van der Waals surface area contributed by atoms with Gasteiger partial charge in [-0.3, -0.25) is 0 Å². The third-order valence-corrected chi connectivity index (χ3v) is 5.86. The highest BCUT2D eigenvalue weighted by molar-refractivity contribution is 5.47. The van der Waals surface area contributed by atoms with E-state index in [2.05, 4.69) is 0 Å². The molecule has 0 aliphatic carbocycles. The van der Waals surface area contributed by atoms with Gasteiger partial charge in [-0.2, -0.15) is 0 Å². The Bertz CT molecular complexity index is 871. The molecule has 5 atom stereocenters. The average Bonchev–Trinajstić information content (AvgIpc) is 2.86. The lowest BCUT2D eigenvalue weighted by Gasteiger charge is -2.41. The van der Waals surface area contributed by atoms with E-state index in [0.29, 0.717) is 0 Å². The Hall–Kier alpha value is -2.61. The molecule has 0 unspecified atom stereocenters. The van der Waals surface area contributed by atoms with Gasteiger partial charge in [-0.05, 0) is 16.7 Å². The number of aliphatic hydroxyl groups excluding tert-OH is 2. The molecule has 168 valence electrons. The van der Waals surface area contributed by atoms with Crippen LogP contribution in [0.25, 0.3) is 0 Å². The molecule has 6 heteroatoms. The van der Waals surface area contributed by atoms with Gasteiger partial charge in [0.25, 0.3) is 0 Å². The number of benzene rings is 3. The van der Waals surface area contributed by atoms with Crippen molar-refractivity contribution >= 4 is 0 Å². The summed E-state index contributed by atoms with van der Waals surface area (Å²) in [6.45, 7) is -0.177. The molecule has 3 aromatic rings. The molecule has 0 bridgehead atoms. The molecule has 1 aliphatic rings. The minimum Gasteiger partial charge on any atom is -0.387 e. The van der Waals surface area contributed by atoms with Crippen molar-refractivity contribution in [3.8, 4) is 0 Å². The normalized spacial score (nSPS) is 26.1. The van der Waals surface area contributed by atoms with Gasteiger partial charge in [0, 0.05) is 7.11 Å². The molecule has 5 nitrogen and oxygen atoms in total. The lowest BCUT2D eigenvalue weighted by molar-refractivity contribution is -0.288. The molecule has 0 saturated carbocycles. The third kappa shape index (κ3) is 4.20. The van der Waals surface area contributed by atoms with Gasteiger partial charge in [-0.25, -0.2) is 4.39 Å². The summed E-state index contributed by atoms with van der Waals surface area (Å²) >= 11 is 0. The van der Waals surface area contributed by atoms with Gasteiger partial charge in [-0.1, -0.05) is 91.0 Å². The summed E-state index contributed by atoms with van der Waals surface area (Å²) in [7, 11) is 1.33. The first kappa shape index (κ1) is 22.6. The fourth-order valence-corrected chi connectivity index (χ4v) is 4.20. The van der Waals surface area contributed by atoms with Gasteiger partial charge < -0.3 is 24.4 Å². The van der Waals surface area contributed by atoms with Gasteiger partial charge in [0.15, 0.2) is 12.5 Å². The molecule has 0 aromatic heterocycles. The van der Waals surface area contributed by atoms with Crippen LogP contribution < -0.4 is 0 Å². The van der Waals surface area contributed by atoms with Crippen molar-refractivity contribution in [3.63, 3.8) is 0 Å². The molecule has 32 heavy (non-hydrogen) atoms. The maximum Gasteiger partial charge on any atom is 0.186 e. The molecule has 1 saturated heterocycles. The number of rotatable bonds is 7. The maximum absolute atomic E-state index is 14.9. The van der Waals surface area contributed by atoms with Crippen LogP contribution in [0.4, 0.5) is 4.39 Å². The highest BCUT2D eigenvalue weighted by Gasteiger charge is 2.47. The van der Waals surface area contributed by atoms with Crippen LogP contribution in [0, 0.1) is 0 Å². The topological polar surface area (TPSA) is 68.2 Å². The van der Waals surface area contributed by atoms with Gasteiger partial charge in [0.1, 0.15) is 23.9 Å². The van der Waals surface area contributed by atoms with E-state index in [9.17, 15) is 14.6 Å². The fourth-order valence-electron chi connectivity index (χ4n) is 4.20. The zero-order chi connectivity index (χ0) is 22.6. The first-order valence-corrected chi connectivity index (χ1v) is 10.6. The highest BCUT2D eigenvalue weighted by Crippen LogP contribution is 2.41. The van der Waals surface area contributed by atoms with E-state index in [0.717, 1.165) is 16.7 Å². The van der Waals surface area contributed by atoms with E-state index in [1.54, 1.807) is 0 Å². The summed E-state index contributed by atoms with van der Waals surface area (Å²) < 4.78 is 32.2. The summed E-state index contributed by atoms with van der Waals surface area (Å²) in [6, 6.07) is 29.1. The van der Waals surface area contributed by atoms with Gasteiger partial charge in [0.05, 0.1) is 6.61 Å². The standard InChI is InChI=1S/C26H27FO5/c1-30-25-24(29)23(28)22(27)21(32-25)17-31-26(18-11-5-2-6-12-18,19-13-7-3-8-14-19)20-15-9-4-10-16-20/h2-16,21-25,28-29H,17H2,1H3/t21-,22+,23-,24+,25+/m1/s1. The lowest BCUT2D eigenvalue weighted by atomic mass is 9.80. The second-order valence-electron chi connectivity index (χ2n) is 7.79. The number of hydrogen-bond acceptors (Lipinski definition) is 5. The van der Waals surface area contributed by atoms with Crippen LogP contribution >= 0.6 is 0 Å². The molecular weight excluding hydrogens is 411 g/mol. The van der Waals surface area contributed by atoms with E-state index in [4.69, 9.17) is 14.2 Å². The number of methoxy groups -OCH3 is 1. The van der Waals surface area contributed by atoms with Crippen molar-refractivity contribution in [1.82, 2.24) is 0 Å². The van der Waals surface area contributed by atoms with E-state index >= 15 is 0 Å². The fraction of sp³-hybridized carbons (Fsp3) is 0.308. The Balaban J connectivity index is 1.77. The van der Waals surface area contributed by atoms with Crippen molar-refractivity contribution in [1.29, 1.82) is 0 Å². The third-order valence-electron chi connectivity index (χ3n) is 5.86. The molecule has 1 heterocycles. The minimum absolute atomic E-state index is 0.177. The number of alkyl halides is 1. The largest absolute Gasteiger partial charge is 0.387 e. The molecule has 0 amide bonds. The Morgan fingerprint density at radius 3 is 1.62 bits per heavy atom. The van der Waals surface area contributed by atoms with Crippen molar-refractivity contribution in [3.05, 3.63) is 108 Å². The molecule has 3 aromatic carbocycles. The SMILES string of the molecule is CO[C@H]1O[C@H](COC(c2ccccc2)(c2ccccc2)c2ccccc2)[C@H](F)[C@@H](O)[C@@H]1O. The first-order valence-electron chi connectivity index (χ1n) is 10.6. The molecule has 2 N–H and O–H groups in total. The van der Waals surface area contributed by atoms with Crippen molar-refractivity contribution in [2.24, 2.45) is 0 Å². The number of ether oxygens (including phenoxy) is 3. The maximum atomic E-state index is 14.9. The molecule has 0 radical (unpaired) electrons. The Morgan fingerprint density at radius 1 is 0.781 bits per heavy atom. The average molecular weight is 438 g/mol. The minimum atomic E-state index is -1.84. The van der Waals surface area contributed by atoms with Crippen LogP contribution in [-0.2, 0) is 19.8 Å².